The Kier molecular flexibility index (Phi) is 4.34. The van der Waals surface area contributed by atoms with Gasteiger partial charge in [0.1, 0.15) is 5.75 Å². The summed E-state index contributed by atoms with van der Waals surface area (Å²) < 4.78 is 16.1. The normalized spacial score (nSPS) is 15.7. The van der Waals surface area contributed by atoms with Crippen LogP contribution in [0.25, 0.3) is 0 Å². The first-order valence-electron chi connectivity index (χ1n) is 6.60. The molecule has 6 nitrogen and oxygen atoms in total. The Bertz CT molecular complexity index is 488. The van der Waals surface area contributed by atoms with Crippen LogP contribution in [0.5, 0.6) is 17.2 Å². The summed E-state index contributed by atoms with van der Waals surface area (Å²) >= 11 is 0. The third kappa shape index (κ3) is 3.54. The molecule has 1 unspecified atom stereocenters. The third-order valence-corrected chi connectivity index (χ3v) is 3.27. The monoisotopic (exact) mass is 280 g/mol. The molecule has 0 aliphatic carbocycles. The number of unbranched alkanes of at least 4 members (excludes halogenated alkanes) is 1. The van der Waals surface area contributed by atoms with E-state index in [0.29, 0.717) is 18.8 Å². The molecule has 0 saturated heterocycles. The number of hydrogen-bond donors (Lipinski definition) is 2. The van der Waals surface area contributed by atoms with E-state index in [2.05, 4.69) is 0 Å². The number of carbonyl (C=O) groups is 1. The highest BCUT2D eigenvalue weighted by molar-refractivity contribution is 5.83. The Morgan fingerprint density at radius 3 is 2.85 bits per heavy atom. The highest BCUT2D eigenvalue weighted by Gasteiger charge is 2.24. The van der Waals surface area contributed by atoms with Gasteiger partial charge in [-0.1, -0.05) is 0 Å². The van der Waals surface area contributed by atoms with Crippen LogP contribution in [0.2, 0.25) is 0 Å². The van der Waals surface area contributed by atoms with E-state index in [1.807, 2.05) is 12.1 Å². The molecular formula is C14H20N2O4. The molecule has 0 bridgehead atoms. The van der Waals surface area contributed by atoms with Crippen molar-refractivity contribution in [2.24, 2.45) is 11.5 Å². The van der Waals surface area contributed by atoms with Crippen molar-refractivity contribution in [3.05, 3.63) is 18.2 Å². The molecule has 0 spiro atoms. The van der Waals surface area contributed by atoms with Crippen LogP contribution in [0, 0.1) is 0 Å². The molecule has 1 aromatic carbocycles. The smallest absolute Gasteiger partial charge is 0.237 e. The average molecular weight is 280 g/mol. The highest BCUT2D eigenvalue weighted by atomic mass is 16.7. The molecule has 0 radical (unpaired) electrons. The Labute approximate surface area is 118 Å². The summed E-state index contributed by atoms with van der Waals surface area (Å²) in [5, 5.41) is 0. The Hall–Kier alpha value is -1.95. The lowest BCUT2D eigenvalue weighted by Gasteiger charge is -2.19. The number of amides is 1. The minimum absolute atomic E-state index is 0.251. The van der Waals surface area contributed by atoms with Crippen LogP contribution < -0.4 is 25.7 Å². The second-order valence-electron chi connectivity index (χ2n) is 5.10. The van der Waals surface area contributed by atoms with Gasteiger partial charge in [0.05, 0.1) is 12.1 Å². The summed E-state index contributed by atoms with van der Waals surface area (Å²) in [5.41, 5.74) is 10.0. The molecule has 20 heavy (non-hydrogen) atoms. The lowest BCUT2D eigenvalue weighted by Crippen LogP contribution is -2.49. The van der Waals surface area contributed by atoms with E-state index in [1.54, 1.807) is 13.0 Å². The summed E-state index contributed by atoms with van der Waals surface area (Å²) in [7, 11) is 0. The maximum Gasteiger partial charge on any atom is 0.237 e. The number of fused-ring (bicyclic) bond motifs is 1. The Morgan fingerprint density at radius 2 is 2.10 bits per heavy atom. The molecule has 1 aliphatic heterocycles. The quantitative estimate of drug-likeness (QED) is 0.731. The zero-order chi connectivity index (χ0) is 14.6. The van der Waals surface area contributed by atoms with Crippen molar-refractivity contribution in [2.45, 2.75) is 31.7 Å². The number of benzene rings is 1. The minimum Gasteiger partial charge on any atom is -0.493 e. The van der Waals surface area contributed by atoms with Crippen molar-refractivity contribution >= 4 is 5.91 Å². The minimum atomic E-state index is -0.946. The first-order valence-corrected chi connectivity index (χ1v) is 6.60. The van der Waals surface area contributed by atoms with Gasteiger partial charge < -0.3 is 25.7 Å². The second kappa shape index (κ2) is 6.00. The highest BCUT2D eigenvalue weighted by Crippen LogP contribution is 2.35. The van der Waals surface area contributed by atoms with E-state index >= 15 is 0 Å². The van der Waals surface area contributed by atoms with Gasteiger partial charge in [-0.05, 0) is 38.3 Å². The van der Waals surface area contributed by atoms with Gasteiger partial charge >= 0.3 is 0 Å². The molecule has 2 rings (SSSR count). The lowest BCUT2D eigenvalue weighted by atomic mass is 9.96. The van der Waals surface area contributed by atoms with Crippen LogP contribution in [0.15, 0.2) is 18.2 Å². The van der Waals surface area contributed by atoms with Crippen molar-refractivity contribution in [3.8, 4) is 17.2 Å². The maximum absolute atomic E-state index is 11.1. The number of hydrogen-bond acceptors (Lipinski definition) is 5. The van der Waals surface area contributed by atoms with Gasteiger partial charge in [0, 0.05) is 6.07 Å². The summed E-state index contributed by atoms with van der Waals surface area (Å²) in [5.74, 6) is 1.69. The molecule has 110 valence electrons. The van der Waals surface area contributed by atoms with E-state index in [4.69, 9.17) is 25.7 Å². The van der Waals surface area contributed by atoms with Crippen LogP contribution in [0.4, 0.5) is 0 Å². The van der Waals surface area contributed by atoms with Gasteiger partial charge in [-0.15, -0.1) is 0 Å². The molecule has 1 heterocycles. The summed E-state index contributed by atoms with van der Waals surface area (Å²) in [6.45, 7) is 2.45. The largest absolute Gasteiger partial charge is 0.493 e. The van der Waals surface area contributed by atoms with Crippen LogP contribution >= 0.6 is 0 Å². The SMILES string of the molecule is CC(N)(CCCCOc1ccc2c(c1)OCO2)C(N)=O. The standard InChI is InChI=1S/C14H20N2O4/c1-14(16,13(15)17)6-2-3-7-18-10-4-5-11-12(8-10)20-9-19-11/h4-5,8H,2-3,6-7,9,16H2,1H3,(H2,15,17). The predicted octanol–water partition coefficient (Wildman–Crippen LogP) is 1.17. The molecule has 6 heteroatoms. The van der Waals surface area contributed by atoms with Gasteiger partial charge in [0.15, 0.2) is 11.5 Å². The van der Waals surface area contributed by atoms with Gasteiger partial charge in [-0.25, -0.2) is 0 Å². The van der Waals surface area contributed by atoms with E-state index in [-0.39, 0.29) is 6.79 Å². The molecule has 1 atom stereocenters. The molecule has 0 fully saturated rings. The molecule has 0 saturated carbocycles. The van der Waals surface area contributed by atoms with Crippen LogP contribution in [-0.2, 0) is 4.79 Å². The van der Waals surface area contributed by atoms with Gasteiger partial charge in [0.2, 0.25) is 12.7 Å². The topological polar surface area (TPSA) is 96.8 Å². The first-order chi connectivity index (χ1) is 9.49. The van der Waals surface area contributed by atoms with Crippen LogP contribution in [0.1, 0.15) is 26.2 Å². The lowest BCUT2D eigenvalue weighted by molar-refractivity contribution is -0.122. The van der Waals surface area contributed by atoms with E-state index in [0.717, 1.165) is 24.3 Å². The molecule has 1 aliphatic rings. The van der Waals surface area contributed by atoms with Gasteiger partial charge in [0.25, 0.3) is 0 Å². The summed E-state index contributed by atoms with van der Waals surface area (Å²) in [6.07, 6.45) is 2.13. The molecule has 4 N–H and O–H groups in total. The zero-order valence-electron chi connectivity index (χ0n) is 11.6. The fourth-order valence-electron chi connectivity index (χ4n) is 1.87. The third-order valence-electron chi connectivity index (χ3n) is 3.27. The molecular weight excluding hydrogens is 260 g/mol. The Balaban J connectivity index is 1.70. The molecule has 0 aromatic heterocycles. The fourth-order valence-corrected chi connectivity index (χ4v) is 1.87. The number of carbonyl (C=O) groups excluding carboxylic acids is 1. The van der Waals surface area contributed by atoms with Crippen molar-refractivity contribution in [2.75, 3.05) is 13.4 Å². The van der Waals surface area contributed by atoms with E-state index in [9.17, 15) is 4.79 Å². The van der Waals surface area contributed by atoms with E-state index < -0.39 is 11.4 Å². The van der Waals surface area contributed by atoms with Crippen molar-refractivity contribution in [1.29, 1.82) is 0 Å². The zero-order valence-corrected chi connectivity index (χ0v) is 11.6. The van der Waals surface area contributed by atoms with Crippen LogP contribution in [-0.4, -0.2) is 24.8 Å². The van der Waals surface area contributed by atoms with Gasteiger partial charge in [-0.2, -0.15) is 0 Å². The fraction of sp³-hybridized carbons (Fsp3) is 0.500. The van der Waals surface area contributed by atoms with Gasteiger partial charge in [-0.3, -0.25) is 4.79 Å². The maximum atomic E-state index is 11.1. The van der Waals surface area contributed by atoms with Crippen LogP contribution in [0.3, 0.4) is 0 Å². The number of rotatable bonds is 7. The number of primary amides is 1. The molecule has 1 aromatic rings. The van der Waals surface area contributed by atoms with Crippen molar-refractivity contribution < 1.29 is 19.0 Å². The number of ether oxygens (including phenoxy) is 3. The van der Waals surface area contributed by atoms with Crippen molar-refractivity contribution in [3.63, 3.8) is 0 Å². The molecule has 1 amide bonds. The first kappa shape index (κ1) is 14.5. The summed E-state index contributed by atoms with van der Waals surface area (Å²) in [6, 6.07) is 5.46. The number of nitrogens with two attached hydrogens (primary N) is 2. The second-order valence-corrected chi connectivity index (χ2v) is 5.10. The predicted molar refractivity (Wildman–Crippen MR) is 73.7 cm³/mol. The average Bonchev–Trinajstić information content (AvgIpc) is 2.85. The Morgan fingerprint density at radius 1 is 1.35 bits per heavy atom. The summed E-state index contributed by atoms with van der Waals surface area (Å²) in [4.78, 5) is 11.1. The van der Waals surface area contributed by atoms with Crippen molar-refractivity contribution in [1.82, 2.24) is 0 Å². The van der Waals surface area contributed by atoms with E-state index in [1.165, 1.54) is 0 Å².